The molecule has 0 bridgehead atoms. The predicted molar refractivity (Wildman–Crippen MR) is 88.5 cm³/mol. The van der Waals surface area contributed by atoms with Gasteiger partial charge in [-0.15, -0.1) is 0 Å². The topological polar surface area (TPSA) is 15.6 Å². The number of hydrogen-bond acceptors (Lipinski definition) is 2. The van der Waals surface area contributed by atoms with Gasteiger partial charge in [-0.2, -0.15) is 0 Å². The van der Waals surface area contributed by atoms with Crippen molar-refractivity contribution < 1.29 is 0 Å². The summed E-state index contributed by atoms with van der Waals surface area (Å²) in [5, 5.41) is 0. The molecule has 3 rings (SSSR count). The van der Waals surface area contributed by atoms with Gasteiger partial charge in [-0.25, -0.2) is 0 Å². The van der Waals surface area contributed by atoms with Crippen molar-refractivity contribution in [2.45, 2.75) is 32.4 Å². The second-order valence-corrected chi connectivity index (χ2v) is 5.66. The van der Waals surface area contributed by atoms with E-state index in [-0.39, 0.29) is 6.04 Å². The lowest BCUT2D eigenvalue weighted by atomic mass is 9.95. The fraction of sp³-hybridized carbons (Fsp3) is 0.316. The minimum absolute atomic E-state index is 0.119. The lowest BCUT2D eigenvalue weighted by Gasteiger charge is -2.19. The van der Waals surface area contributed by atoms with Gasteiger partial charge in [0.25, 0.3) is 0 Å². The third-order valence-electron chi connectivity index (χ3n) is 4.06. The summed E-state index contributed by atoms with van der Waals surface area (Å²) in [5.74, 6) is 1.21. The van der Waals surface area contributed by atoms with Crippen LogP contribution in [0.4, 0.5) is 0 Å². The van der Waals surface area contributed by atoms with E-state index >= 15 is 0 Å². The van der Waals surface area contributed by atoms with Gasteiger partial charge in [-0.3, -0.25) is 4.99 Å². The second kappa shape index (κ2) is 6.13. The Kier molecular flexibility index (Phi) is 4.05. The summed E-state index contributed by atoms with van der Waals surface area (Å²) in [4.78, 5) is 7.40. The number of hydrogen-bond donors (Lipinski definition) is 0. The van der Waals surface area contributed by atoms with Crippen LogP contribution in [-0.2, 0) is 6.54 Å². The zero-order chi connectivity index (χ0) is 14.7. The van der Waals surface area contributed by atoms with E-state index < -0.39 is 0 Å². The molecule has 0 radical (unpaired) electrons. The molecule has 0 aliphatic carbocycles. The Labute approximate surface area is 127 Å². The van der Waals surface area contributed by atoms with Gasteiger partial charge >= 0.3 is 0 Å². The average Bonchev–Trinajstić information content (AvgIpc) is 2.66. The molecule has 2 aromatic carbocycles. The normalized spacial score (nSPS) is 17.9. The third-order valence-corrected chi connectivity index (χ3v) is 4.06. The summed E-state index contributed by atoms with van der Waals surface area (Å²) in [7, 11) is 2.15. The molecule has 1 heterocycles. The highest BCUT2D eigenvalue weighted by Crippen LogP contribution is 2.32. The van der Waals surface area contributed by atoms with E-state index in [1.165, 1.54) is 22.5 Å². The SMILES string of the molecule is CCCC1=N[C@H](c2ccccc2)c2ccccc2CN1C. The third kappa shape index (κ3) is 2.85. The Hall–Kier alpha value is -2.09. The highest BCUT2D eigenvalue weighted by molar-refractivity contribution is 5.83. The van der Waals surface area contributed by atoms with Crippen LogP contribution >= 0.6 is 0 Å². The molecule has 0 saturated heterocycles. The summed E-state index contributed by atoms with van der Waals surface area (Å²) in [6, 6.07) is 19.4. The molecule has 0 aromatic heterocycles. The van der Waals surface area contributed by atoms with Crippen molar-refractivity contribution in [2.75, 3.05) is 7.05 Å². The molecule has 1 atom stereocenters. The molecule has 1 aliphatic rings. The van der Waals surface area contributed by atoms with Gasteiger partial charge in [0.05, 0.1) is 0 Å². The number of benzene rings is 2. The van der Waals surface area contributed by atoms with Crippen LogP contribution in [0.1, 0.15) is 42.5 Å². The molecular weight excluding hydrogens is 256 g/mol. The Balaban J connectivity index is 2.12. The Morgan fingerprint density at radius 3 is 2.52 bits per heavy atom. The van der Waals surface area contributed by atoms with E-state index in [0.717, 1.165) is 19.4 Å². The number of nitrogens with zero attached hydrogens (tertiary/aromatic N) is 2. The van der Waals surface area contributed by atoms with Crippen molar-refractivity contribution in [1.29, 1.82) is 0 Å². The van der Waals surface area contributed by atoms with Crippen LogP contribution in [0.25, 0.3) is 0 Å². The molecule has 2 nitrogen and oxygen atoms in total. The molecule has 0 fully saturated rings. The van der Waals surface area contributed by atoms with E-state index in [2.05, 4.69) is 73.5 Å². The van der Waals surface area contributed by atoms with Gasteiger partial charge in [0.15, 0.2) is 0 Å². The minimum Gasteiger partial charge on any atom is -0.359 e. The Morgan fingerprint density at radius 1 is 1.05 bits per heavy atom. The maximum Gasteiger partial charge on any atom is 0.102 e. The zero-order valence-corrected chi connectivity index (χ0v) is 12.8. The molecule has 2 heteroatoms. The summed E-state index contributed by atoms with van der Waals surface area (Å²) < 4.78 is 0. The average molecular weight is 278 g/mol. The minimum atomic E-state index is 0.119. The molecule has 2 aromatic rings. The van der Waals surface area contributed by atoms with Crippen molar-refractivity contribution in [1.82, 2.24) is 4.90 Å². The maximum atomic E-state index is 5.10. The largest absolute Gasteiger partial charge is 0.359 e. The molecule has 0 spiro atoms. The van der Waals surface area contributed by atoms with Crippen molar-refractivity contribution in [3.8, 4) is 0 Å². The molecule has 1 aliphatic heterocycles. The molecule has 0 unspecified atom stereocenters. The van der Waals surface area contributed by atoms with E-state index in [0.29, 0.717) is 0 Å². The predicted octanol–water partition coefficient (Wildman–Crippen LogP) is 4.42. The molecule has 0 amide bonds. The number of amidine groups is 1. The number of fused-ring (bicyclic) bond motifs is 1. The van der Waals surface area contributed by atoms with Crippen molar-refractivity contribution in [2.24, 2.45) is 4.99 Å². The monoisotopic (exact) mass is 278 g/mol. The molecule has 0 N–H and O–H groups in total. The van der Waals surface area contributed by atoms with Gasteiger partial charge in [-0.1, -0.05) is 61.5 Å². The summed E-state index contributed by atoms with van der Waals surface area (Å²) in [6.07, 6.45) is 2.16. The molecule has 0 saturated carbocycles. The second-order valence-electron chi connectivity index (χ2n) is 5.66. The smallest absolute Gasteiger partial charge is 0.102 e. The highest BCUT2D eigenvalue weighted by atomic mass is 15.2. The van der Waals surface area contributed by atoms with E-state index in [1.807, 2.05) is 0 Å². The first kappa shape index (κ1) is 13.9. The fourth-order valence-corrected chi connectivity index (χ4v) is 2.98. The summed E-state index contributed by atoms with van der Waals surface area (Å²) in [6.45, 7) is 3.16. The lowest BCUT2D eigenvalue weighted by Crippen LogP contribution is -2.25. The van der Waals surface area contributed by atoms with Crippen LogP contribution in [0, 0.1) is 0 Å². The molecule has 21 heavy (non-hydrogen) atoms. The van der Waals surface area contributed by atoms with E-state index in [4.69, 9.17) is 4.99 Å². The van der Waals surface area contributed by atoms with Crippen LogP contribution in [0.5, 0.6) is 0 Å². The van der Waals surface area contributed by atoms with E-state index in [9.17, 15) is 0 Å². The highest BCUT2D eigenvalue weighted by Gasteiger charge is 2.22. The molecule has 108 valence electrons. The fourth-order valence-electron chi connectivity index (χ4n) is 2.98. The first-order valence-corrected chi connectivity index (χ1v) is 7.70. The maximum absolute atomic E-state index is 5.10. The quantitative estimate of drug-likeness (QED) is 0.811. The molecular formula is C19H22N2. The lowest BCUT2D eigenvalue weighted by molar-refractivity contribution is 0.489. The van der Waals surface area contributed by atoms with Crippen LogP contribution in [-0.4, -0.2) is 17.8 Å². The van der Waals surface area contributed by atoms with Crippen molar-refractivity contribution in [3.05, 3.63) is 71.3 Å². The summed E-state index contributed by atoms with van der Waals surface area (Å²) >= 11 is 0. The summed E-state index contributed by atoms with van der Waals surface area (Å²) in [5.41, 5.74) is 3.99. The first-order chi connectivity index (χ1) is 10.3. The Bertz CT molecular complexity index is 631. The van der Waals surface area contributed by atoms with Gasteiger partial charge in [0.1, 0.15) is 11.9 Å². The van der Waals surface area contributed by atoms with Crippen LogP contribution in [0.3, 0.4) is 0 Å². The van der Waals surface area contributed by atoms with Crippen LogP contribution < -0.4 is 0 Å². The van der Waals surface area contributed by atoms with Crippen LogP contribution in [0.15, 0.2) is 59.6 Å². The van der Waals surface area contributed by atoms with Gasteiger partial charge in [0.2, 0.25) is 0 Å². The van der Waals surface area contributed by atoms with Crippen molar-refractivity contribution in [3.63, 3.8) is 0 Å². The van der Waals surface area contributed by atoms with Crippen molar-refractivity contribution >= 4 is 5.84 Å². The van der Waals surface area contributed by atoms with Crippen LogP contribution in [0.2, 0.25) is 0 Å². The van der Waals surface area contributed by atoms with Gasteiger partial charge in [0, 0.05) is 20.0 Å². The van der Waals surface area contributed by atoms with Gasteiger partial charge < -0.3 is 4.90 Å². The number of rotatable bonds is 3. The van der Waals surface area contributed by atoms with E-state index in [1.54, 1.807) is 0 Å². The Morgan fingerprint density at radius 2 is 1.76 bits per heavy atom. The standard InChI is InChI=1S/C19H22N2/c1-3-9-18-20-19(15-10-5-4-6-11-15)17-13-8-7-12-16(17)14-21(18)2/h4-8,10-13,19H,3,9,14H2,1-2H3/t19-/m1/s1. The van der Waals surface area contributed by atoms with Gasteiger partial charge in [-0.05, 0) is 23.1 Å². The zero-order valence-electron chi connectivity index (χ0n) is 12.8. The first-order valence-electron chi connectivity index (χ1n) is 7.70. The number of aliphatic imine (C=N–C) groups is 1.